The summed E-state index contributed by atoms with van der Waals surface area (Å²) in [5, 5.41) is 20.8. The van der Waals surface area contributed by atoms with Gasteiger partial charge in [-0.2, -0.15) is 0 Å². The van der Waals surface area contributed by atoms with Gasteiger partial charge in [0, 0.05) is 0 Å². The van der Waals surface area contributed by atoms with E-state index in [9.17, 15) is 9.90 Å². The molecule has 0 bridgehead atoms. The van der Waals surface area contributed by atoms with E-state index in [4.69, 9.17) is 9.84 Å². The van der Waals surface area contributed by atoms with Gasteiger partial charge >= 0.3 is 6.09 Å². The molecule has 0 rings (SSSR count). The zero-order valence-corrected chi connectivity index (χ0v) is 9.78. The van der Waals surface area contributed by atoms with Gasteiger partial charge in [0.2, 0.25) is 0 Å². The molecule has 0 radical (unpaired) electrons. The number of carbonyl (C=O) groups excluding carboxylic acids is 1. The minimum atomic E-state index is -0.762. The lowest BCUT2D eigenvalue weighted by Gasteiger charge is -2.24. The Bertz CT molecular complexity index is 200. The summed E-state index contributed by atoms with van der Waals surface area (Å²) >= 11 is 0. The Balaban J connectivity index is 4.13. The summed E-state index contributed by atoms with van der Waals surface area (Å²) in [6, 6.07) is -0.676. The molecule has 15 heavy (non-hydrogen) atoms. The summed E-state index contributed by atoms with van der Waals surface area (Å²) in [6.45, 7) is 6.70. The normalized spacial score (nSPS) is 15.6. The van der Waals surface area contributed by atoms with Crippen LogP contribution in [0.5, 0.6) is 0 Å². The molecule has 0 spiro atoms. The number of rotatable bonds is 4. The molecule has 0 saturated carbocycles. The third-order valence-corrected chi connectivity index (χ3v) is 1.78. The molecule has 2 atom stereocenters. The predicted octanol–water partition coefficient (Wildman–Crippen LogP) is 0.643. The molecule has 0 unspecified atom stereocenters. The van der Waals surface area contributed by atoms with Crippen LogP contribution in [-0.2, 0) is 4.74 Å². The van der Waals surface area contributed by atoms with E-state index in [0.29, 0.717) is 6.42 Å². The molecule has 0 aromatic rings. The van der Waals surface area contributed by atoms with E-state index in [-0.39, 0.29) is 6.61 Å². The van der Waals surface area contributed by atoms with Crippen LogP contribution in [0.1, 0.15) is 34.1 Å². The van der Waals surface area contributed by atoms with Crippen molar-refractivity contribution in [2.45, 2.75) is 51.9 Å². The number of ether oxygens (including phenoxy) is 1. The number of hydrogen-bond donors (Lipinski definition) is 3. The Morgan fingerprint density at radius 2 is 2.00 bits per heavy atom. The second-order valence-electron chi connectivity index (χ2n) is 4.41. The van der Waals surface area contributed by atoms with E-state index in [2.05, 4.69) is 5.32 Å². The van der Waals surface area contributed by atoms with E-state index in [1.165, 1.54) is 0 Å². The molecular weight excluding hydrogens is 198 g/mol. The van der Waals surface area contributed by atoms with E-state index < -0.39 is 23.8 Å². The van der Waals surface area contributed by atoms with Crippen molar-refractivity contribution in [3.8, 4) is 0 Å². The van der Waals surface area contributed by atoms with Gasteiger partial charge in [-0.25, -0.2) is 4.79 Å². The van der Waals surface area contributed by atoms with Gasteiger partial charge < -0.3 is 20.3 Å². The van der Waals surface area contributed by atoms with Gasteiger partial charge in [-0.15, -0.1) is 0 Å². The number of aliphatic hydroxyl groups is 2. The lowest BCUT2D eigenvalue weighted by Crippen LogP contribution is -2.47. The average Bonchev–Trinajstić information content (AvgIpc) is 2.10. The van der Waals surface area contributed by atoms with E-state index in [0.717, 1.165) is 0 Å². The number of alkyl carbamates (subject to hydrolysis) is 1. The Kier molecular flexibility index (Phi) is 5.60. The fourth-order valence-electron chi connectivity index (χ4n) is 1.01. The van der Waals surface area contributed by atoms with Crippen LogP contribution in [0, 0.1) is 0 Å². The van der Waals surface area contributed by atoms with Gasteiger partial charge in [-0.1, -0.05) is 6.92 Å². The van der Waals surface area contributed by atoms with Gasteiger partial charge in [-0.05, 0) is 27.2 Å². The highest BCUT2D eigenvalue weighted by Gasteiger charge is 2.22. The lowest BCUT2D eigenvalue weighted by molar-refractivity contribution is 0.0346. The number of carbonyl (C=O) groups is 1. The fourth-order valence-corrected chi connectivity index (χ4v) is 1.01. The van der Waals surface area contributed by atoms with E-state index in [1.807, 2.05) is 0 Å². The smallest absolute Gasteiger partial charge is 0.408 e. The Morgan fingerprint density at radius 3 is 2.33 bits per heavy atom. The number of nitrogens with one attached hydrogen (secondary N) is 1. The zero-order valence-electron chi connectivity index (χ0n) is 9.78. The molecule has 0 aromatic carbocycles. The molecule has 0 heterocycles. The molecule has 5 heteroatoms. The highest BCUT2D eigenvalue weighted by molar-refractivity contribution is 5.68. The summed E-state index contributed by atoms with van der Waals surface area (Å²) in [5.74, 6) is 0. The maximum Gasteiger partial charge on any atom is 0.408 e. The summed E-state index contributed by atoms with van der Waals surface area (Å²) in [4.78, 5) is 11.3. The van der Waals surface area contributed by atoms with Crippen molar-refractivity contribution < 1.29 is 19.7 Å². The van der Waals surface area contributed by atoms with Gasteiger partial charge in [0.05, 0.1) is 18.8 Å². The molecule has 0 aliphatic heterocycles. The molecule has 5 nitrogen and oxygen atoms in total. The highest BCUT2D eigenvalue weighted by atomic mass is 16.6. The maximum atomic E-state index is 11.3. The minimum Gasteiger partial charge on any atom is -0.444 e. The van der Waals surface area contributed by atoms with Crippen molar-refractivity contribution in [1.82, 2.24) is 5.32 Å². The Morgan fingerprint density at radius 1 is 1.47 bits per heavy atom. The SMILES string of the molecule is CC[C@@H](O)[C@H](CO)NC(=O)OC(C)(C)C. The molecule has 0 aliphatic carbocycles. The van der Waals surface area contributed by atoms with E-state index >= 15 is 0 Å². The predicted molar refractivity (Wildman–Crippen MR) is 56.5 cm³/mol. The molecule has 1 amide bonds. The van der Waals surface area contributed by atoms with Crippen LogP contribution < -0.4 is 5.32 Å². The Labute approximate surface area is 90.4 Å². The number of aliphatic hydroxyl groups excluding tert-OH is 2. The van der Waals surface area contributed by atoms with Crippen molar-refractivity contribution in [2.24, 2.45) is 0 Å². The molecule has 3 N–H and O–H groups in total. The monoisotopic (exact) mass is 219 g/mol. The summed E-state index contributed by atoms with van der Waals surface area (Å²) in [7, 11) is 0. The number of hydrogen-bond acceptors (Lipinski definition) is 4. The van der Waals surface area contributed by atoms with Crippen LogP contribution in [0.2, 0.25) is 0 Å². The van der Waals surface area contributed by atoms with Crippen LogP contribution in [0.15, 0.2) is 0 Å². The van der Waals surface area contributed by atoms with Gasteiger partial charge in [0.15, 0.2) is 0 Å². The van der Waals surface area contributed by atoms with Crippen molar-refractivity contribution in [3.63, 3.8) is 0 Å². The molecule has 0 saturated heterocycles. The van der Waals surface area contributed by atoms with E-state index in [1.54, 1.807) is 27.7 Å². The number of amides is 1. The van der Waals surface area contributed by atoms with Crippen molar-refractivity contribution >= 4 is 6.09 Å². The minimum absolute atomic E-state index is 0.311. The van der Waals surface area contributed by atoms with Gasteiger partial charge in [0.25, 0.3) is 0 Å². The maximum absolute atomic E-state index is 11.3. The topological polar surface area (TPSA) is 78.8 Å². The van der Waals surface area contributed by atoms with Crippen LogP contribution >= 0.6 is 0 Å². The van der Waals surface area contributed by atoms with Crippen molar-refractivity contribution in [3.05, 3.63) is 0 Å². The van der Waals surface area contributed by atoms with Crippen molar-refractivity contribution in [2.75, 3.05) is 6.61 Å². The van der Waals surface area contributed by atoms with Crippen LogP contribution in [-0.4, -0.2) is 40.7 Å². The molecule has 90 valence electrons. The molecular formula is C10H21NO4. The summed E-state index contributed by atoms with van der Waals surface area (Å²) in [6.07, 6.45) is -0.933. The first kappa shape index (κ1) is 14.2. The van der Waals surface area contributed by atoms with Gasteiger partial charge in [0.1, 0.15) is 5.60 Å². The quantitative estimate of drug-likeness (QED) is 0.648. The zero-order chi connectivity index (χ0) is 12.1. The standard InChI is InChI=1S/C10H21NO4/c1-5-8(13)7(6-12)11-9(14)15-10(2,3)4/h7-8,12-13H,5-6H2,1-4H3,(H,11,14)/t7-,8+/m0/s1. The first-order valence-corrected chi connectivity index (χ1v) is 5.08. The molecule has 0 aliphatic rings. The summed E-state index contributed by atoms with van der Waals surface area (Å²) < 4.78 is 4.99. The second kappa shape index (κ2) is 5.92. The highest BCUT2D eigenvalue weighted by Crippen LogP contribution is 2.07. The first-order chi connectivity index (χ1) is 6.80. The molecule has 0 fully saturated rings. The average molecular weight is 219 g/mol. The third kappa shape index (κ3) is 6.30. The van der Waals surface area contributed by atoms with Gasteiger partial charge in [-0.3, -0.25) is 0 Å². The van der Waals surface area contributed by atoms with Crippen LogP contribution in [0.3, 0.4) is 0 Å². The van der Waals surface area contributed by atoms with Crippen LogP contribution in [0.4, 0.5) is 4.79 Å². The second-order valence-corrected chi connectivity index (χ2v) is 4.41. The largest absolute Gasteiger partial charge is 0.444 e. The fraction of sp³-hybridized carbons (Fsp3) is 0.900. The first-order valence-electron chi connectivity index (χ1n) is 5.08. The molecule has 0 aromatic heterocycles. The third-order valence-electron chi connectivity index (χ3n) is 1.78. The van der Waals surface area contributed by atoms with Crippen LogP contribution in [0.25, 0.3) is 0 Å². The Hall–Kier alpha value is -0.810. The summed E-state index contributed by atoms with van der Waals surface area (Å²) in [5.41, 5.74) is -0.582. The lowest BCUT2D eigenvalue weighted by atomic mass is 10.1. The van der Waals surface area contributed by atoms with Crippen molar-refractivity contribution in [1.29, 1.82) is 0 Å².